The molecule has 1 aliphatic rings. The fourth-order valence-corrected chi connectivity index (χ4v) is 3.68. The Labute approximate surface area is 64.2 Å². The highest BCUT2D eigenvalue weighted by Crippen LogP contribution is 2.26. The monoisotopic (exact) mass is 156 g/mol. The summed E-state index contributed by atoms with van der Waals surface area (Å²) in [6, 6.07) is 0. The number of rotatable bonds is 0. The zero-order valence-electron chi connectivity index (χ0n) is 7.27. The summed E-state index contributed by atoms with van der Waals surface area (Å²) in [6.07, 6.45) is 3.32. The zero-order chi connectivity index (χ0) is 7.83. The van der Waals surface area contributed by atoms with Crippen LogP contribution in [-0.4, -0.2) is 13.9 Å². The minimum absolute atomic E-state index is 0.0878. The molecule has 0 spiro atoms. The summed E-state index contributed by atoms with van der Waals surface area (Å²) in [4.78, 5) is 0. The maximum Gasteiger partial charge on any atom is 0.211 e. The molecule has 2 heteroatoms. The molecule has 1 heterocycles. The van der Waals surface area contributed by atoms with E-state index in [4.69, 9.17) is 4.43 Å². The van der Waals surface area contributed by atoms with Crippen molar-refractivity contribution >= 4 is 8.32 Å². The van der Waals surface area contributed by atoms with E-state index < -0.39 is 8.32 Å². The summed E-state index contributed by atoms with van der Waals surface area (Å²) in [6.45, 7) is 8.77. The lowest BCUT2D eigenvalue weighted by Crippen LogP contribution is -2.42. The summed E-state index contributed by atoms with van der Waals surface area (Å²) < 4.78 is 5.91. The summed E-state index contributed by atoms with van der Waals surface area (Å²) in [7, 11) is -1.41. The van der Waals surface area contributed by atoms with Crippen LogP contribution in [0.2, 0.25) is 13.1 Å². The predicted octanol–water partition coefficient (Wildman–Crippen LogP) is 2.49. The van der Waals surface area contributed by atoms with Crippen molar-refractivity contribution in [3.05, 3.63) is 11.8 Å². The highest BCUT2D eigenvalue weighted by atomic mass is 28.4. The smallest absolute Gasteiger partial charge is 0.211 e. The molecule has 0 aromatic rings. The molecule has 0 fully saturated rings. The number of hydrogen-bond donors (Lipinski definition) is 0. The van der Waals surface area contributed by atoms with Crippen LogP contribution < -0.4 is 0 Å². The lowest BCUT2D eigenvalue weighted by atomic mass is 10.1. The van der Waals surface area contributed by atoms with Gasteiger partial charge in [-0.2, -0.15) is 0 Å². The minimum atomic E-state index is -1.41. The van der Waals surface area contributed by atoms with Gasteiger partial charge in [-0.1, -0.05) is 11.8 Å². The molecular formula is C8H16OSi. The van der Waals surface area contributed by atoms with Gasteiger partial charge >= 0.3 is 0 Å². The normalized spacial score (nSPS) is 28.4. The first-order valence-corrected chi connectivity index (χ1v) is 6.78. The molecule has 0 radical (unpaired) electrons. The van der Waals surface area contributed by atoms with E-state index in [2.05, 4.69) is 38.7 Å². The molecule has 10 heavy (non-hydrogen) atoms. The van der Waals surface area contributed by atoms with Gasteiger partial charge in [0.15, 0.2) is 0 Å². The molecule has 0 atom stereocenters. The summed E-state index contributed by atoms with van der Waals surface area (Å²) in [5.41, 5.74) is 2.35. The van der Waals surface area contributed by atoms with Gasteiger partial charge in [0.25, 0.3) is 0 Å². The van der Waals surface area contributed by atoms with Gasteiger partial charge in [0.2, 0.25) is 8.32 Å². The van der Waals surface area contributed by atoms with E-state index in [-0.39, 0.29) is 5.60 Å². The summed E-state index contributed by atoms with van der Waals surface area (Å²) in [5, 5.41) is 0. The van der Waals surface area contributed by atoms with E-state index in [0.717, 1.165) is 6.42 Å². The van der Waals surface area contributed by atoms with Crippen LogP contribution in [0.5, 0.6) is 0 Å². The van der Waals surface area contributed by atoms with Crippen molar-refractivity contribution in [2.24, 2.45) is 0 Å². The van der Waals surface area contributed by atoms with Gasteiger partial charge in [0, 0.05) is 0 Å². The molecule has 58 valence electrons. The molecule has 0 aliphatic carbocycles. The summed E-state index contributed by atoms with van der Waals surface area (Å²) in [5.74, 6) is 0. The Morgan fingerprint density at radius 1 is 1.40 bits per heavy atom. The van der Waals surface area contributed by atoms with Crippen LogP contribution in [0.4, 0.5) is 0 Å². The molecule has 0 saturated carbocycles. The van der Waals surface area contributed by atoms with Gasteiger partial charge in [0.05, 0.1) is 5.60 Å². The van der Waals surface area contributed by atoms with Gasteiger partial charge in [-0.3, -0.25) is 0 Å². The fraction of sp³-hybridized carbons (Fsp3) is 0.750. The Hall–Kier alpha value is -0.0831. The van der Waals surface area contributed by atoms with E-state index >= 15 is 0 Å². The van der Waals surface area contributed by atoms with Gasteiger partial charge < -0.3 is 4.43 Å². The third kappa shape index (κ3) is 1.96. The second-order valence-corrected chi connectivity index (χ2v) is 7.82. The van der Waals surface area contributed by atoms with Crippen molar-refractivity contribution in [1.82, 2.24) is 0 Å². The van der Waals surface area contributed by atoms with Crippen LogP contribution in [0.3, 0.4) is 0 Å². The largest absolute Gasteiger partial charge is 0.408 e. The Morgan fingerprint density at radius 2 is 2.00 bits per heavy atom. The summed E-state index contributed by atoms with van der Waals surface area (Å²) >= 11 is 0. The highest BCUT2D eigenvalue weighted by Gasteiger charge is 2.31. The van der Waals surface area contributed by atoms with Crippen molar-refractivity contribution in [2.45, 2.75) is 39.0 Å². The first kappa shape index (κ1) is 8.02. The predicted molar refractivity (Wildman–Crippen MR) is 46.4 cm³/mol. The molecule has 1 rings (SSSR count). The molecule has 0 saturated heterocycles. The molecule has 1 nitrogen and oxygen atoms in total. The highest BCUT2D eigenvalue weighted by molar-refractivity contribution is 6.76. The van der Waals surface area contributed by atoms with Crippen molar-refractivity contribution in [3.63, 3.8) is 0 Å². The van der Waals surface area contributed by atoms with Gasteiger partial charge in [0.1, 0.15) is 0 Å². The van der Waals surface area contributed by atoms with Crippen molar-refractivity contribution in [1.29, 1.82) is 0 Å². The first-order chi connectivity index (χ1) is 4.41. The third-order valence-corrected chi connectivity index (χ3v) is 3.79. The van der Waals surface area contributed by atoms with E-state index in [0.29, 0.717) is 0 Å². The SMILES string of the molecule is CC1(C)CC=C[Si](C)(C)O1. The molecule has 0 unspecified atom stereocenters. The minimum Gasteiger partial charge on any atom is -0.408 e. The third-order valence-electron chi connectivity index (χ3n) is 1.67. The molecule has 0 aromatic carbocycles. The maximum absolute atomic E-state index is 5.91. The lowest BCUT2D eigenvalue weighted by Gasteiger charge is -2.36. The molecule has 1 aliphatic heterocycles. The molecule has 0 bridgehead atoms. The van der Waals surface area contributed by atoms with Crippen LogP contribution >= 0.6 is 0 Å². The van der Waals surface area contributed by atoms with Gasteiger partial charge in [-0.25, -0.2) is 0 Å². The fourth-order valence-electron chi connectivity index (χ4n) is 1.41. The van der Waals surface area contributed by atoms with Crippen LogP contribution in [0, 0.1) is 0 Å². The van der Waals surface area contributed by atoms with Crippen molar-refractivity contribution < 1.29 is 4.43 Å². The van der Waals surface area contributed by atoms with Crippen LogP contribution in [-0.2, 0) is 4.43 Å². The topological polar surface area (TPSA) is 9.23 Å². The van der Waals surface area contributed by atoms with Gasteiger partial charge in [-0.05, 0) is 33.4 Å². The maximum atomic E-state index is 5.91. The second kappa shape index (κ2) is 2.21. The van der Waals surface area contributed by atoms with E-state index in [9.17, 15) is 0 Å². The van der Waals surface area contributed by atoms with Crippen LogP contribution in [0.25, 0.3) is 0 Å². The van der Waals surface area contributed by atoms with Gasteiger partial charge in [-0.15, -0.1) is 0 Å². The molecule has 0 amide bonds. The Morgan fingerprint density at radius 3 is 2.30 bits per heavy atom. The van der Waals surface area contributed by atoms with Crippen molar-refractivity contribution in [2.75, 3.05) is 0 Å². The first-order valence-electron chi connectivity index (χ1n) is 3.79. The van der Waals surface area contributed by atoms with Crippen molar-refractivity contribution in [3.8, 4) is 0 Å². The van der Waals surface area contributed by atoms with E-state index in [1.807, 2.05) is 0 Å². The average molecular weight is 156 g/mol. The Kier molecular flexibility index (Phi) is 1.77. The lowest BCUT2D eigenvalue weighted by molar-refractivity contribution is 0.101. The molecule has 0 N–H and O–H groups in total. The molecule has 0 aromatic heterocycles. The zero-order valence-corrected chi connectivity index (χ0v) is 8.27. The van der Waals surface area contributed by atoms with E-state index in [1.165, 1.54) is 0 Å². The van der Waals surface area contributed by atoms with Crippen LogP contribution in [0.1, 0.15) is 20.3 Å². The second-order valence-electron chi connectivity index (χ2n) is 4.07. The number of hydrogen-bond acceptors (Lipinski definition) is 1. The van der Waals surface area contributed by atoms with Crippen LogP contribution in [0.15, 0.2) is 11.8 Å². The Bertz CT molecular complexity index is 159. The standard InChI is InChI=1S/C8H16OSi/c1-8(2)6-5-7-10(3,4)9-8/h5,7H,6H2,1-4H3. The Balaban J connectivity index is 2.73. The quantitative estimate of drug-likeness (QED) is 0.490. The van der Waals surface area contributed by atoms with E-state index in [1.54, 1.807) is 0 Å². The average Bonchev–Trinajstić information content (AvgIpc) is 1.56. The molecular weight excluding hydrogens is 140 g/mol.